The van der Waals surface area contributed by atoms with Crippen LogP contribution < -0.4 is 5.32 Å². The molecule has 2 aromatic rings. The maximum atomic E-state index is 12.3. The van der Waals surface area contributed by atoms with Gasteiger partial charge in [0, 0.05) is 6.54 Å². The highest BCUT2D eigenvalue weighted by Gasteiger charge is 2.20. The maximum absolute atomic E-state index is 12.3. The molecular weight excluding hydrogens is 304 g/mol. The lowest BCUT2D eigenvalue weighted by molar-refractivity contribution is 0.0946. The van der Waals surface area contributed by atoms with Crippen molar-refractivity contribution < 1.29 is 13.2 Å². The van der Waals surface area contributed by atoms with Gasteiger partial charge in [-0.05, 0) is 19.1 Å². The van der Waals surface area contributed by atoms with E-state index >= 15 is 0 Å². The van der Waals surface area contributed by atoms with E-state index in [2.05, 4.69) is 15.5 Å². The number of nitrogens with zero attached hydrogens (tertiary/aromatic N) is 3. The summed E-state index contributed by atoms with van der Waals surface area (Å²) in [5, 5.41) is 10.4. The molecule has 7 nitrogen and oxygen atoms in total. The predicted molar refractivity (Wildman–Crippen MR) is 81.0 cm³/mol. The minimum absolute atomic E-state index is 0.0481. The Morgan fingerprint density at radius 3 is 2.68 bits per heavy atom. The Labute approximate surface area is 129 Å². The largest absolute Gasteiger partial charge is 0.345 e. The second kappa shape index (κ2) is 6.69. The lowest BCUT2D eigenvalue weighted by Gasteiger charge is -2.10. The molecule has 1 N–H and O–H groups in total. The first-order chi connectivity index (χ1) is 10.5. The molecule has 0 aliphatic rings. The normalized spacial score (nSPS) is 11.4. The summed E-state index contributed by atoms with van der Waals surface area (Å²) in [6.07, 6.45) is 1.58. The van der Waals surface area contributed by atoms with Crippen LogP contribution in [0.1, 0.15) is 30.0 Å². The minimum Gasteiger partial charge on any atom is -0.345 e. The van der Waals surface area contributed by atoms with Crippen LogP contribution in [0.2, 0.25) is 0 Å². The number of benzene rings is 1. The molecule has 0 fully saturated rings. The number of rotatable bonds is 6. The first kappa shape index (κ1) is 16.2. The average molecular weight is 322 g/mol. The summed E-state index contributed by atoms with van der Waals surface area (Å²) < 4.78 is 25.9. The molecule has 0 saturated carbocycles. The van der Waals surface area contributed by atoms with E-state index in [1.165, 1.54) is 12.1 Å². The van der Waals surface area contributed by atoms with Crippen molar-refractivity contribution in [1.82, 2.24) is 20.1 Å². The summed E-state index contributed by atoms with van der Waals surface area (Å²) in [5.74, 6) is 0.117. The van der Waals surface area contributed by atoms with Gasteiger partial charge in [0.2, 0.25) is 0 Å². The molecule has 1 amide bonds. The Bertz CT molecular complexity index is 768. The Morgan fingerprint density at radius 2 is 2.00 bits per heavy atom. The van der Waals surface area contributed by atoms with Gasteiger partial charge in [-0.15, -0.1) is 10.2 Å². The molecule has 0 unspecified atom stereocenters. The maximum Gasteiger partial charge on any atom is 0.252 e. The topological polar surface area (TPSA) is 93.9 Å². The van der Waals surface area contributed by atoms with Gasteiger partial charge in [0.25, 0.3) is 5.91 Å². The monoisotopic (exact) mass is 322 g/mol. The number of hydrogen-bond acceptors (Lipinski definition) is 5. The Morgan fingerprint density at radius 1 is 1.27 bits per heavy atom. The smallest absolute Gasteiger partial charge is 0.252 e. The van der Waals surface area contributed by atoms with Crippen molar-refractivity contribution in [3.8, 4) is 0 Å². The van der Waals surface area contributed by atoms with Crippen LogP contribution in [0, 0.1) is 0 Å². The predicted octanol–water partition coefficient (Wildman–Crippen LogP) is 1.02. The van der Waals surface area contributed by atoms with E-state index < -0.39 is 15.7 Å². The quantitative estimate of drug-likeness (QED) is 0.857. The Hall–Kier alpha value is -2.22. The van der Waals surface area contributed by atoms with E-state index in [1.54, 1.807) is 30.0 Å². The highest BCUT2D eigenvalue weighted by molar-refractivity contribution is 7.91. The van der Waals surface area contributed by atoms with Crippen LogP contribution in [0.3, 0.4) is 0 Å². The van der Waals surface area contributed by atoms with Crippen molar-refractivity contribution in [3.63, 3.8) is 0 Å². The van der Waals surface area contributed by atoms with Gasteiger partial charge >= 0.3 is 0 Å². The van der Waals surface area contributed by atoms with Crippen molar-refractivity contribution in [2.75, 3.05) is 5.75 Å². The highest BCUT2D eigenvalue weighted by atomic mass is 32.2. The zero-order valence-electron chi connectivity index (χ0n) is 12.5. The molecule has 2 rings (SSSR count). The number of hydrogen-bond donors (Lipinski definition) is 1. The number of carbonyl (C=O) groups excluding carboxylic acids is 1. The van der Waals surface area contributed by atoms with Gasteiger partial charge in [-0.1, -0.05) is 19.1 Å². The zero-order chi connectivity index (χ0) is 16.2. The van der Waals surface area contributed by atoms with Gasteiger partial charge in [0.05, 0.1) is 22.8 Å². The van der Waals surface area contributed by atoms with Crippen molar-refractivity contribution in [3.05, 3.63) is 42.0 Å². The van der Waals surface area contributed by atoms with Crippen molar-refractivity contribution in [2.24, 2.45) is 0 Å². The molecule has 0 bridgehead atoms. The van der Waals surface area contributed by atoms with Crippen LogP contribution in [-0.4, -0.2) is 34.8 Å². The van der Waals surface area contributed by atoms with Gasteiger partial charge in [-0.2, -0.15) is 0 Å². The third-order valence-corrected chi connectivity index (χ3v) is 5.08. The second-order valence-electron chi connectivity index (χ2n) is 4.62. The Kier molecular flexibility index (Phi) is 4.92. The summed E-state index contributed by atoms with van der Waals surface area (Å²) in [6, 6.07) is 6.19. The summed E-state index contributed by atoms with van der Waals surface area (Å²) in [7, 11) is -3.45. The van der Waals surface area contributed by atoms with Crippen molar-refractivity contribution in [2.45, 2.75) is 31.8 Å². The molecule has 1 aromatic carbocycles. The van der Waals surface area contributed by atoms with E-state index in [-0.39, 0.29) is 22.8 Å². The van der Waals surface area contributed by atoms with Gasteiger partial charge in [-0.3, -0.25) is 4.79 Å². The first-order valence-corrected chi connectivity index (χ1v) is 8.61. The molecule has 0 atom stereocenters. The van der Waals surface area contributed by atoms with E-state index in [4.69, 9.17) is 0 Å². The molecule has 8 heteroatoms. The van der Waals surface area contributed by atoms with E-state index in [9.17, 15) is 13.2 Å². The molecule has 0 radical (unpaired) electrons. The summed E-state index contributed by atoms with van der Waals surface area (Å²) in [4.78, 5) is 12.3. The van der Waals surface area contributed by atoms with Gasteiger partial charge in [-0.25, -0.2) is 8.42 Å². The van der Waals surface area contributed by atoms with Crippen LogP contribution in [-0.2, 0) is 22.9 Å². The average Bonchev–Trinajstić information content (AvgIpc) is 3.00. The highest BCUT2D eigenvalue weighted by Crippen LogP contribution is 2.17. The number of amides is 1. The minimum atomic E-state index is -3.45. The van der Waals surface area contributed by atoms with Crippen LogP contribution in [0.15, 0.2) is 35.5 Å². The molecule has 0 aliphatic heterocycles. The van der Waals surface area contributed by atoms with E-state index in [0.717, 1.165) is 0 Å². The van der Waals surface area contributed by atoms with Crippen LogP contribution >= 0.6 is 0 Å². The lowest BCUT2D eigenvalue weighted by Crippen LogP contribution is -2.26. The molecule has 1 heterocycles. The van der Waals surface area contributed by atoms with E-state index in [0.29, 0.717) is 12.4 Å². The summed E-state index contributed by atoms with van der Waals surface area (Å²) in [5.41, 5.74) is 0.145. The molecule has 118 valence electrons. The first-order valence-electron chi connectivity index (χ1n) is 6.96. The van der Waals surface area contributed by atoms with Crippen LogP contribution in [0.25, 0.3) is 0 Å². The molecule has 1 aromatic heterocycles. The van der Waals surface area contributed by atoms with Gasteiger partial charge < -0.3 is 9.88 Å². The molecule has 0 saturated heterocycles. The van der Waals surface area contributed by atoms with Crippen LogP contribution in [0.5, 0.6) is 0 Å². The molecular formula is C14H18N4O3S. The SMILES string of the molecule is CCn1cnnc1CNC(=O)c1ccccc1S(=O)(=O)CC. The fourth-order valence-electron chi connectivity index (χ4n) is 2.02. The number of carbonyl (C=O) groups is 1. The van der Waals surface area contributed by atoms with Gasteiger partial charge in [0.15, 0.2) is 15.7 Å². The van der Waals surface area contributed by atoms with Crippen molar-refractivity contribution in [1.29, 1.82) is 0 Å². The molecule has 0 spiro atoms. The third-order valence-electron chi connectivity index (χ3n) is 3.29. The standard InChI is InChI=1S/C14H18N4O3S/c1-3-18-10-16-17-13(18)9-15-14(19)11-7-5-6-8-12(11)22(20,21)4-2/h5-8,10H,3-4,9H2,1-2H3,(H,15,19). The Balaban J connectivity index is 2.21. The number of aromatic nitrogens is 3. The van der Waals surface area contributed by atoms with Gasteiger partial charge in [0.1, 0.15) is 6.33 Å². The molecule has 0 aliphatic carbocycles. The number of nitrogens with one attached hydrogen (secondary N) is 1. The number of sulfone groups is 1. The summed E-state index contributed by atoms with van der Waals surface area (Å²) >= 11 is 0. The zero-order valence-corrected chi connectivity index (χ0v) is 13.3. The summed E-state index contributed by atoms with van der Waals surface area (Å²) in [6.45, 7) is 4.37. The second-order valence-corrected chi connectivity index (χ2v) is 6.86. The van der Waals surface area contributed by atoms with Crippen molar-refractivity contribution >= 4 is 15.7 Å². The van der Waals surface area contributed by atoms with Crippen LogP contribution in [0.4, 0.5) is 0 Å². The number of aryl methyl sites for hydroxylation is 1. The van der Waals surface area contributed by atoms with E-state index in [1.807, 2.05) is 6.92 Å². The fraction of sp³-hybridized carbons (Fsp3) is 0.357. The fourth-order valence-corrected chi connectivity index (χ4v) is 3.11. The third kappa shape index (κ3) is 3.33. The molecule has 22 heavy (non-hydrogen) atoms. The lowest BCUT2D eigenvalue weighted by atomic mass is 10.2.